The Morgan fingerprint density at radius 2 is 1.82 bits per heavy atom. The van der Waals surface area contributed by atoms with Crippen LogP contribution in [0.1, 0.15) is 36.8 Å². The summed E-state index contributed by atoms with van der Waals surface area (Å²) in [6, 6.07) is 15.8. The first-order chi connectivity index (χ1) is 13.6. The zero-order chi connectivity index (χ0) is 19.9. The van der Waals surface area contributed by atoms with Crippen LogP contribution in [0.3, 0.4) is 0 Å². The summed E-state index contributed by atoms with van der Waals surface area (Å²) in [5.74, 6) is 0.362. The summed E-state index contributed by atoms with van der Waals surface area (Å²) < 4.78 is 7.41. The molecule has 28 heavy (non-hydrogen) atoms. The van der Waals surface area contributed by atoms with Crippen LogP contribution in [0.15, 0.2) is 57.0 Å². The van der Waals surface area contributed by atoms with Crippen LogP contribution >= 0.6 is 31.9 Å². The summed E-state index contributed by atoms with van der Waals surface area (Å²) in [6.07, 6.45) is 5.81. The van der Waals surface area contributed by atoms with E-state index in [2.05, 4.69) is 37.2 Å². The zero-order valence-electron chi connectivity index (χ0n) is 15.3. The van der Waals surface area contributed by atoms with Crippen molar-refractivity contribution in [2.75, 3.05) is 0 Å². The third-order valence-corrected chi connectivity index (χ3v) is 5.79. The van der Waals surface area contributed by atoms with Crippen LogP contribution in [0.25, 0.3) is 6.08 Å². The fourth-order valence-corrected chi connectivity index (χ4v) is 4.63. The second-order valence-corrected chi connectivity index (χ2v) is 8.42. The number of rotatable bonds is 6. The lowest BCUT2D eigenvalue weighted by Gasteiger charge is -2.12. The molecule has 0 bridgehead atoms. The molecule has 0 aromatic heterocycles. The average Bonchev–Trinajstić information content (AvgIpc) is 3.19. The van der Waals surface area contributed by atoms with E-state index >= 15 is 0 Å². The van der Waals surface area contributed by atoms with Crippen LogP contribution in [0.4, 0.5) is 0 Å². The van der Waals surface area contributed by atoms with E-state index in [1.807, 2.05) is 48.5 Å². The van der Waals surface area contributed by atoms with E-state index in [0.717, 1.165) is 45.8 Å². The Labute approximate surface area is 181 Å². The molecular weight excluding hydrogens is 484 g/mol. The molecule has 1 fully saturated rings. The molecule has 1 aliphatic carbocycles. The molecule has 6 heteroatoms. The molecule has 1 amide bonds. The summed E-state index contributed by atoms with van der Waals surface area (Å²) >= 11 is 7.05. The first-order valence-corrected chi connectivity index (χ1v) is 10.7. The number of carbonyl (C=O) groups excluding carboxylic acids is 1. The average molecular weight is 504 g/mol. The van der Waals surface area contributed by atoms with Gasteiger partial charge in [0.2, 0.25) is 0 Å². The second-order valence-electron chi connectivity index (χ2n) is 6.71. The number of nitrogens with one attached hydrogen (secondary N) is 1. The van der Waals surface area contributed by atoms with Gasteiger partial charge in [-0.1, -0.05) is 43.2 Å². The topological polar surface area (TPSA) is 62.1 Å². The predicted molar refractivity (Wildman–Crippen MR) is 117 cm³/mol. The minimum absolute atomic E-state index is 0.101. The molecule has 1 aliphatic rings. The van der Waals surface area contributed by atoms with Gasteiger partial charge in [-0.25, -0.2) is 0 Å². The van der Waals surface area contributed by atoms with E-state index in [9.17, 15) is 10.1 Å². The van der Waals surface area contributed by atoms with E-state index in [1.54, 1.807) is 6.08 Å². The molecule has 0 spiro atoms. The van der Waals surface area contributed by atoms with Crippen molar-refractivity contribution in [1.82, 2.24) is 5.32 Å². The monoisotopic (exact) mass is 502 g/mol. The molecule has 0 saturated heterocycles. The van der Waals surface area contributed by atoms with Crippen LogP contribution in [-0.2, 0) is 11.4 Å². The highest BCUT2D eigenvalue weighted by Crippen LogP contribution is 2.36. The summed E-state index contributed by atoms with van der Waals surface area (Å²) in [7, 11) is 0. The minimum atomic E-state index is -0.314. The van der Waals surface area contributed by atoms with Gasteiger partial charge in [0.15, 0.2) is 0 Å². The highest BCUT2D eigenvalue weighted by Gasteiger charge is 2.19. The van der Waals surface area contributed by atoms with Crippen LogP contribution in [0, 0.1) is 11.3 Å². The molecule has 0 unspecified atom stereocenters. The molecule has 2 aromatic carbocycles. The molecule has 144 valence electrons. The Kier molecular flexibility index (Phi) is 7.30. The van der Waals surface area contributed by atoms with Gasteiger partial charge in [0.1, 0.15) is 24.0 Å². The number of hydrogen-bond donors (Lipinski definition) is 1. The van der Waals surface area contributed by atoms with Crippen molar-refractivity contribution in [2.24, 2.45) is 0 Å². The third-order valence-electron chi connectivity index (χ3n) is 4.61. The SMILES string of the molecule is N#C/C(=C/c1cc(Br)c(OCc2ccccc2)c(Br)c1)C(=O)NC1CCCC1. The fraction of sp³-hybridized carbons (Fsp3) is 0.273. The molecule has 3 rings (SSSR count). The predicted octanol–water partition coefficient (Wildman–Crippen LogP) is 5.76. The van der Waals surface area contributed by atoms with Gasteiger partial charge in [-0.15, -0.1) is 0 Å². The van der Waals surface area contributed by atoms with Crippen molar-refractivity contribution in [3.05, 3.63) is 68.1 Å². The van der Waals surface area contributed by atoms with Crippen molar-refractivity contribution < 1.29 is 9.53 Å². The number of carbonyl (C=O) groups is 1. The van der Waals surface area contributed by atoms with Crippen molar-refractivity contribution in [3.8, 4) is 11.8 Å². The van der Waals surface area contributed by atoms with Crippen molar-refractivity contribution in [3.63, 3.8) is 0 Å². The quantitative estimate of drug-likeness (QED) is 0.402. The summed E-state index contributed by atoms with van der Waals surface area (Å²) in [5, 5.41) is 12.4. The summed E-state index contributed by atoms with van der Waals surface area (Å²) in [4.78, 5) is 12.4. The fourth-order valence-electron chi connectivity index (χ4n) is 3.18. The highest BCUT2D eigenvalue weighted by molar-refractivity contribution is 9.11. The second kappa shape index (κ2) is 9.90. The molecular formula is C22H20Br2N2O2. The van der Waals surface area contributed by atoms with E-state index < -0.39 is 0 Å². The van der Waals surface area contributed by atoms with Gasteiger partial charge in [-0.05, 0) is 74.0 Å². The standard InChI is InChI=1S/C22H20Br2N2O2/c23-19-11-16(10-17(13-25)22(27)26-18-8-4-5-9-18)12-20(24)21(19)28-14-15-6-2-1-3-7-15/h1-3,6-7,10-12,18H,4-5,8-9,14H2,(H,26,27)/b17-10-. The summed E-state index contributed by atoms with van der Waals surface area (Å²) in [6.45, 7) is 0.445. The lowest BCUT2D eigenvalue weighted by Crippen LogP contribution is -2.33. The van der Waals surface area contributed by atoms with Crippen LogP contribution < -0.4 is 10.1 Å². The Bertz CT molecular complexity index is 891. The van der Waals surface area contributed by atoms with Gasteiger partial charge >= 0.3 is 0 Å². The van der Waals surface area contributed by atoms with Crippen molar-refractivity contribution >= 4 is 43.8 Å². The van der Waals surface area contributed by atoms with Gasteiger partial charge in [0.05, 0.1) is 8.95 Å². The Morgan fingerprint density at radius 3 is 2.43 bits per heavy atom. The Morgan fingerprint density at radius 1 is 1.18 bits per heavy atom. The smallest absolute Gasteiger partial charge is 0.262 e. The van der Waals surface area contributed by atoms with Gasteiger partial charge < -0.3 is 10.1 Å². The van der Waals surface area contributed by atoms with E-state index in [4.69, 9.17) is 4.74 Å². The lowest BCUT2D eigenvalue weighted by molar-refractivity contribution is -0.117. The first kappa shape index (κ1) is 20.6. The molecule has 0 heterocycles. The van der Waals surface area contributed by atoms with Gasteiger partial charge in [0.25, 0.3) is 5.91 Å². The Hall–Kier alpha value is -2.10. The molecule has 4 nitrogen and oxygen atoms in total. The van der Waals surface area contributed by atoms with Gasteiger partial charge in [0, 0.05) is 6.04 Å². The number of ether oxygens (including phenoxy) is 1. The highest BCUT2D eigenvalue weighted by atomic mass is 79.9. The van der Waals surface area contributed by atoms with E-state index in [1.165, 1.54) is 0 Å². The molecule has 0 aliphatic heterocycles. The number of halogens is 2. The van der Waals surface area contributed by atoms with Gasteiger partial charge in [-0.2, -0.15) is 5.26 Å². The maximum atomic E-state index is 12.4. The Balaban J connectivity index is 1.73. The van der Waals surface area contributed by atoms with Crippen molar-refractivity contribution in [2.45, 2.75) is 38.3 Å². The first-order valence-electron chi connectivity index (χ1n) is 9.15. The van der Waals surface area contributed by atoms with Crippen LogP contribution in [0.2, 0.25) is 0 Å². The van der Waals surface area contributed by atoms with Crippen LogP contribution in [-0.4, -0.2) is 11.9 Å². The number of hydrogen-bond acceptors (Lipinski definition) is 3. The maximum absolute atomic E-state index is 12.4. The summed E-state index contributed by atoms with van der Waals surface area (Å²) in [5.41, 5.74) is 1.91. The number of nitrogens with zero attached hydrogens (tertiary/aromatic N) is 1. The minimum Gasteiger partial charge on any atom is -0.487 e. The van der Waals surface area contributed by atoms with Gasteiger partial charge in [-0.3, -0.25) is 4.79 Å². The van der Waals surface area contributed by atoms with E-state index in [0.29, 0.717) is 12.4 Å². The number of nitriles is 1. The molecule has 2 aromatic rings. The normalized spacial score (nSPS) is 14.5. The lowest BCUT2D eigenvalue weighted by atomic mass is 10.1. The molecule has 1 saturated carbocycles. The number of benzene rings is 2. The largest absolute Gasteiger partial charge is 0.487 e. The zero-order valence-corrected chi connectivity index (χ0v) is 18.4. The van der Waals surface area contributed by atoms with E-state index in [-0.39, 0.29) is 17.5 Å². The third kappa shape index (κ3) is 5.46. The van der Waals surface area contributed by atoms with Crippen LogP contribution in [0.5, 0.6) is 5.75 Å². The molecule has 1 N–H and O–H groups in total. The molecule has 0 radical (unpaired) electrons. The number of amides is 1. The van der Waals surface area contributed by atoms with Crippen molar-refractivity contribution in [1.29, 1.82) is 5.26 Å². The molecule has 0 atom stereocenters. The maximum Gasteiger partial charge on any atom is 0.262 e.